The van der Waals surface area contributed by atoms with Gasteiger partial charge in [0.15, 0.2) is 0 Å². The Labute approximate surface area is 129 Å². The van der Waals surface area contributed by atoms with E-state index in [1.165, 1.54) is 0 Å². The highest BCUT2D eigenvalue weighted by molar-refractivity contribution is 6.19. The Kier molecular flexibility index (Phi) is 3.71. The van der Waals surface area contributed by atoms with Gasteiger partial charge in [-0.1, -0.05) is 12.1 Å². The van der Waals surface area contributed by atoms with Gasteiger partial charge in [-0.05, 0) is 38.1 Å². The lowest BCUT2D eigenvalue weighted by molar-refractivity contribution is 0.238. The maximum Gasteiger partial charge on any atom is 0.346 e. The molecule has 2 aliphatic rings. The normalized spacial score (nSPS) is 19.5. The Hall–Kier alpha value is -2.56. The van der Waals surface area contributed by atoms with Crippen molar-refractivity contribution in [3.8, 4) is 11.5 Å². The van der Waals surface area contributed by atoms with Crippen molar-refractivity contribution in [3.63, 3.8) is 0 Å². The maximum atomic E-state index is 11.4. The summed E-state index contributed by atoms with van der Waals surface area (Å²) in [5, 5.41) is 2.74. The first kappa shape index (κ1) is 14.4. The van der Waals surface area contributed by atoms with Crippen molar-refractivity contribution in [1.29, 1.82) is 0 Å². The molecule has 0 fully saturated rings. The number of hydrogen-bond acceptors (Lipinski definition) is 3. The Morgan fingerprint density at radius 2 is 2.05 bits per heavy atom. The third kappa shape index (κ3) is 2.62. The Morgan fingerprint density at radius 3 is 2.77 bits per heavy atom. The van der Waals surface area contributed by atoms with Crippen LogP contribution in [0.25, 0.3) is 0 Å². The molecule has 0 bridgehead atoms. The minimum absolute atomic E-state index is 0.0442. The molecular formula is C17H18N2O3. The topological polar surface area (TPSA) is 59.9 Å². The largest absolute Gasteiger partial charge is 0.496 e. The molecule has 1 heterocycles. The third-order valence-electron chi connectivity index (χ3n) is 3.49. The number of allylic oxidation sites excluding steroid dienone is 3. The molecular weight excluding hydrogens is 280 g/mol. The van der Waals surface area contributed by atoms with Crippen LogP contribution < -0.4 is 14.8 Å². The molecule has 1 aliphatic heterocycles. The van der Waals surface area contributed by atoms with Gasteiger partial charge in [-0.2, -0.15) is 4.99 Å². The summed E-state index contributed by atoms with van der Waals surface area (Å²) >= 11 is 0. The molecule has 1 aliphatic carbocycles. The number of aliphatic imine (C=N–C) groups is 1. The van der Waals surface area contributed by atoms with Gasteiger partial charge in [0.05, 0.1) is 24.6 Å². The molecule has 0 aromatic heterocycles. The van der Waals surface area contributed by atoms with Crippen molar-refractivity contribution in [2.24, 2.45) is 4.99 Å². The standard InChI is InChI=1S/C17H18N2O3/c1-10(2)22-15-6-4-5-14(21-3)16(15)11-7-8-12-13(9-11)19-17(20)18-12/h4-11H,1-3H3,(H,19,20). The number of methoxy groups -OCH3 is 1. The highest BCUT2D eigenvalue weighted by Gasteiger charge is 2.26. The zero-order chi connectivity index (χ0) is 15.7. The van der Waals surface area contributed by atoms with Crippen molar-refractivity contribution < 1.29 is 14.3 Å². The summed E-state index contributed by atoms with van der Waals surface area (Å²) in [5.74, 6) is 1.50. The summed E-state index contributed by atoms with van der Waals surface area (Å²) in [7, 11) is 1.64. The first-order chi connectivity index (χ1) is 10.6. The van der Waals surface area contributed by atoms with Crippen LogP contribution in [0.1, 0.15) is 25.3 Å². The van der Waals surface area contributed by atoms with Crippen LogP contribution in [0.3, 0.4) is 0 Å². The van der Waals surface area contributed by atoms with E-state index in [2.05, 4.69) is 10.3 Å². The minimum Gasteiger partial charge on any atom is -0.496 e. The smallest absolute Gasteiger partial charge is 0.346 e. The van der Waals surface area contributed by atoms with E-state index in [0.717, 1.165) is 22.8 Å². The fourth-order valence-corrected chi connectivity index (χ4v) is 2.63. The minimum atomic E-state index is -0.328. The first-order valence-corrected chi connectivity index (χ1v) is 7.22. The number of carbonyl (C=O) groups excluding carboxylic acids is 1. The van der Waals surface area contributed by atoms with Crippen molar-refractivity contribution in [2.45, 2.75) is 25.9 Å². The zero-order valence-corrected chi connectivity index (χ0v) is 12.8. The second-order valence-corrected chi connectivity index (χ2v) is 5.43. The van der Waals surface area contributed by atoms with Gasteiger partial charge in [-0.15, -0.1) is 0 Å². The molecule has 114 valence electrons. The van der Waals surface area contributed by atoms with Crippen molar-refractivity contribution in [2.75, 3.05) is 7.11 Å². The van der Waals surface area contributed by atoms with Crippen LogP contribution >= 0.6 is 0 Å². The molecule has 22 heavy (non-hydrogen) atoms. The average Bonchev–Trinajstić information content (AvgIpc) is 2.85. The van der Waals surface area contributed by atoms with Crippen LogP contribution in [0.5, 0.6) is 11.5 Å². The Morgan fingerprint density at radius 1 is 1.27 bits per heavy atom. The number of amides is 2. The highest BCUT2D eigenvalue weighted by atomic mass is 16.5. The molecule has 1 unspecified atom stereocenters. The van der Waals surface area contributed by atoms with Gasteiger partial charge < -0.3 is 14.8 Å². The van der Waals surface area contributed by atoms with Gasteiger partial charge in [0.1, 0.15) is 11.5 Å². The Bertz CT molecular complexity index is 702. The van der Waals surface area contributed by atoms with Gasteiger partial charge in [-0.3, -0.25) is 0 Å². The number of hydrogen-bond donors (Lipinski definition) is 1. The van der Waals surface area contributed by atoms with Crippen LogP contribution in [0.4, 0.5) is 4.79 Å². The van der Waals surface area contributed by atoms with E-state index in [0.29, 0.717) is 5.71 Å². The third-order valence-corrected chi connectivity index (χ3v) is 3.49. The lowest BCUT2D eigenvalue weighted by Gasteiger charge is -2.22. The number of urea groups is 1. The van der Waals surface area contributed by atoms with Gasteiger partial charge >= 0.3 is 6.03 Å². The van der Waals surface area contributed by atoms with E-state index in [4.69, 9.17) is 9.47 Å². The maximum absolute atomic E-state index is 11.4. The molecule has 1 aromatic carbocycles. The molecule has 0 saturated carbocycles. The van der Waals surface area contributed by atoms with E-state index in [-0.39, 0.29) is 18.1 Å². The molecule has 1 N–H and O–H groups in total. The molecule has 0 radical (unpaired) electrons. The monoisotopic (exact) mass is 298 g/mol. The summed E-state index contributed by atoms with van der Waals surface area (Å²) in [6.45, 7) is 3.97. The SMILES string of the molecule is COc1cccc(OC(C)C)c1C1C=CC2=NC(=O)NC2=C1. The molecule has 0 saturated heterocycles. The lowest BCUT2D eigenvalue weighted by atomic mass is 9.91. The number of nitrogens with zero attached hydrogens (tertiary/aromatic N) is 1. The van der Waals surface area contributed by atoms with Crippen molar-refractivity contribution in [1.82, 2.24) is 5.32 Å². The van der Waals surface area contributed by atoms with Crippen LogP contribution in [-0.4, -0.2) is 25.0 Å². The fraction of sp³-hybridized carbons (Fsp3) is 0.294. The van der Waals surface area contributed by atoms with Crippen LogP contribution in [-0.2, 0) is 0 Å². The number of rotatable bonds is 4. The van der Waals surface area contributed by atoms with E-state index in [9.17, 15) is 4.79 Å². The summed E-state index contributed by atoms with van der Waals surface area (Å²) < 4.78 is 11.4. The highest BCUT2D eigenvalue weighted by Crippen LogP contribution is 2.39. The summed E-state index contributed by atoms with van der Waals surface area (Å²) in [6, 6.07) is 5.42. The number of carbonyl (C=O) groups is 1. The lowest BCUT2D eigenvalue weighted by Crippen LogP contribution is -2.17. The van der Waals surface area contributed by atoms with E-state index < -0.39 is 0 Å². The quantitative estimate of drug-likeness (QED) is 0.928. The molecule has 3 rings (SSSR count). The molecule has 1 aromatic rings. The van der Waals surface area contributed by atoms with E-state index in [1.807, 2.05) is 50.3 Å². The second-order valence-electron chi connectivity index (χ2n) is 5.43. The number of fused-ring (bicyclic) bond motifs is 1. The van der Waals surface area contributed by atoms with Crippen molar-refractivity contribution >= 4 is 11.7 Å². The summed E-state index contributed by atoms with van der Waals surface area (Å²) in [6.07, 6.45) is 5.88. The van der Waals surface area contributed by atoms with Crippen LogP contribution in [0.2, 0.25) is 0 Å². The van der Waals surface area contributed by atoms with Gasteiger partial charge in [-0.25, -0.2) is 4.79 Å². The van der Waals surface area contributed by atoms with Crippen LogP contribution in [0, 0.1) is 0 Å². The summed E-state index contributed by atoms with van der Waals surface area (Å²) in [5.41, 5.74) is 2.35. The average molecular weight is 298 g/mol. The van der Waals surface area contributed by atoms with Crippen molar-refractivity contribution in [3.05, 3.63) is 47.7 Å². The molecule has 0 spiro atoms. The molecule has 2 amide bonds. The van der Waals surface area contributed by atoms with Gasteiger partial charge in [0.25, 0.3) is 0 Å². The number of ether oxygens (including phenoxy) is 2. The number of benzene rings is 1. The Balaban J connectivity index is 2.03. The van der Waals surface area contributed by atoms with Gasteiger partial charge in [0, 0.05) is 11.5 Å². The second kappa shape index (κ2) is 5.67. The van der Waals surface area contributed by atoms with E-state index >= 15 is 0 Å². The van der Waals surface area contributed by atoms with E-state index in [1.54, 1.807) is 7.11 Å². The van der Waals surface area contributed by atoms with Gasteiger partial charge in [0.2, 0.25) is 0 Å². The summed E-state index contributed by atoms with van der Waals surface area (Å²) in [4.78, 5) is 15.3. The molecule has 5 nitrogen and oxygen atoms in total. The predicted molar refractivity (Wildman–Crippen MR) is 84.7 cm³/mol. The number of nitrogens with one attached hydrogen (secondary N) is 1. The molecule has 5 heteroatoms. The van der Waals surface area contributed by atoms with Crippen LogP contribution in [0.15, 0.2) is 47.1 Å². The zero-order valence-electron chi connectivity index (χ0n) is 12.8. The fourth-order valence-electron chi connectivity index (χ4n) is 2.63. The molecule has 1 atom stereocenters. The first-order valence-electron chi connectivity index (χ1n) is 7.22. The predicted octanol–water partition coefficient (Wildman–Crippen LogP) is 3.18.